The van der Waals surface area contributed by atoms with Crippen LogP contribution in [0.15, 0.2) is 24.3 Å². The van der Waals surface area contributed by atoms with E-state index in [0.717, 1.165) is 70.6 Å². The molecule has 0 radical (unpaired) electrons. The molecule has 0 rings (SSSR count). The maximum Gasteiger partial charge on any atom is 0.305 e. The molecule has 372 valence electrons. The van der Waals surface area contributed by atoms with Gasteiger partial charge in [-0.15, -0.1) is 0 Å². The number of carbonyl (C=O) groups excluding carboxylic acids is 2. The summed E-state index contributed by atoms with van der Waals surface area (Å²) in [6.07, 6.45) is 63.0. The van der Waals surface area contributed by atoms with Crippen LogP contribution in [-0.4, -0.2) is 47.4 Å². The number of aliphatic hydroxyl groups excluding tert-OH is 2. The number of rotatable bonds is 52. The monoisotopic (exact) mass is 888 g/mol. The Labute approximate surface area is 392 Å². The van der Waals surface area contributed by atoms with Gasteiger partial charge in [-0.05, 0) is 51.4 Å². The van der Waals surface area contributed by atoms with Gasteiger partial charge in [0, 0.05) is 12.8 Å². The summed E-state index contributed by atoms with van der Waals surface area (Å²) >= 11 is 0. The van der Waals surface area contributed by atoms with Crippen molar-refractivity contribution >= 4 is 11.9 Å². The van der Waals surface area contributed by atoms with Crippen LogP contribution in [0.2, 0.25) is 0 Å². The molecule has 0 aromatic carbocycles. The summed E-state index contributed by atoms with van der Waals surface area (Å²) in [5.74, 6) is -0.0799. The number of esters is 1. The first kappa shape index (κ1) is 61.3. The molecule has 0 aliphatic heterocycles. The van der Waals surface area contributed by atoms with Crippen LogP contribution in [-0.2, 0) is 14.3 Å². The van der Waals surface area contributed by atoms with Gasteiger partial charge in [-0.2, -0.15) is 0 Å². The molecule has 0 saturated carbocycles. The summed E-state index contributed by atoms with van der Waals surface area (Å²) in [5.41, 5.74) is 0. The van der Waals surface area contributed by atoms with Crippen LogP contribution in [0.1, 0.15) is 303 Å². The van der Waals surface area contributed by atoms with Crippen molar-refractivity contribution in [1.82, 2.24) is 5.32 Å². The molecule has 0 aliphatic carbocycles. The molecule has 0 aliphatic rings. The van der Waals surface area contributed by atoms with Gasteiger partial charge in [0.1, 0.15) is 0 Å². The van der Waals surface area contributed by atoms with E-state index < -0.39 is 12.1 Å². The predicted molar refractivity (Wildman–Crippen MR) is 273 cm³/mol. The highest BCUT2D eigenvalue weighted by atomic mass is 16.5. The lowest BCUT2D eigenvalue weighted by Gasteiger charge is -2.22. The largest absolute Gasteiger partial charge is 0.466 e. The smallest absolute Gasteiger partial charge is 0.305 e. The van der Waals surface area contributed by atoms with Crippen LogP contribution in [0.4, 0.5) is 0 Å². The highest BCUT2D eigenvalue weighted by Gasteiger charge is 2.20. The molecular weight excluding hydrogens is 779 g/mol. The van der Waals surface area contributed by atoms with Gasteiger partial charge in [0.2, 0.25) is 5.91 Å². The van der Waals surface area contributed by atoms with Crippen LogP contribution < -0.4 is 5.32 Å². The second-order valence-electron chi connectivity index (χ2n) is 19.3. The Hall–Kier alpha value is -1.66. The molecule has 0 bridgehead atoms. The van der Waals surface area contributed by atoms with E-state index in [1.54, 1.807) is 0 Å². The van der Waals surface area contributed by atoms with Gasteiger partial charge in [0.05, 0.1) is 25.4 Å². The van der Waals surface area contributed by atoms with Gasteiger partial charge in [-0.3, -0.25) is 9.59 Å². The van der Waals surface area contributed by atoms with Gasteiger partial charge >= 0.3 is 5.97 Å². The second-order valence-corrected chi connectivity index (χ2v) is 19.3. The molecule has 2 atom stereocenters. The highest BCUT2D eigenvalue weighted by molar-refractivity contribution is 5.76. The summed E-state index contributed by atoms with van der Waals surface area (Å²) < 4.78 is 5.45. The van der Waals surface area contributed by atoms with Crippen molar-refractivity contribution in [3.05, 3.63) is 24.3 Å². The summed E-state index contributed by atoms with van der Waals surface area (Å²) in [5, 5.41) is 23.3. The second kappa shape index (κ2) is 53.0. The molecule has 63 heavy (non-hydrogen) atoms. The van der Waals surface area contributed by atoms with Crippen LogP contribution in [0, 0.1) is 0 Å². The molecule has 0 aromatic heterocycles. The molecule has 1 amide bonds. The van der Waals surface area contributed by atoms with Crippen molar-refractivity contribution in [1.29, 1.82) is 0 Å². The van der Waals surface area contributed by atoms with Crippen LogP contribution >= 0.6 is 0 Å². The third-order valence-corrected chi connectivity index (χ3v) is 13.0. The molecule has 6 heteroatoms. The zero-order valence-electron chi connectivity index (χ0n) is 42.3. The number of carbonyl (C=O) groups is 2. The number of hydrogen-bond donors (Lipinski definition) is 3. The summed E-state index contributed by atoms with van der Waals surface area (Å²) in [6, 6.07) is -0.557. The fraction of sp³-hybridized carbons (Fsp3) is 0.895. The average molecular weight is 889 g/mol. The molecule has 0 fully saturated rings. The quantitative estimate of drug-likeness (QED) is 0.0321. The lowest BCUT2D eigenvalue weighted by Crippen LogP contribution is -2.45. The normalized spacial score (nSPS) is 12.8. The summed E-state index contributed by atoms with van der Waals surface area (Å²) in [7, 11) is 0. The van der Waals surface area contributed by atoms with Crippen LogP contribution in [0.25, 0.3) is 0 Å². The number of ether oxygens (including phenoxy) is 1. The Kier molecular flexibility index (Phi) is 51.6. The van der Waals surface area contributed by atoms with Gasteiger partial charge < -0.3 is 20.3 Å². The van der Waals surface area contributed by atoms with Gasteiger partial charge in [0.15, 0.2) is 0 Å². The Morgan fingerprint density at radius 1 is 0.444 bits per heavy atom. The van der Waals surface area contributed by atoms with E-state index in [2.05, 4.69) is 43.5 Å². The fourth-order valence-corrected chi connectivity index (χ4v) is 8.66. The molecule has 3 N–H and O–H groups in total. The van der Waals surface area contributed by atoms with E-state index in [0.29, 0.717) is 25.9 Å². The Morgan fingerprint density at radius 2 is 0.810 bits per heavy atom. The first-order chi connectivity index (χ1) is 31.0. The summed E-state index contributed by atoms with van der Waals surface area (Å²) in [6.45, 7) is 4.88. The fourth-order valence-electron chi connectivity index (χ4n) is 8.66. The van der Waals surface area contributed by atoms with Crippen molar-refractivity contribution in [2.75, 3.05) is 13.2 Å². The number of nitrogens with one attached hydrogen (secondary N) is 1. The zero-order chi connectivity index (χ0) is 45.8. The van der Waals surface area contributed by atoms with E-state index in [1.165, 1.54) is 199 Å². The van der Waals surface area contributed by atoms with Crippen molar-refractivity contribution < 1.29 is 24.5 Å². The van der Waals surface area contributed by atoms with Crippen molar-refractivity contribution in [2.45, 2.75) is 315 Å². The standard InChI is InChI=1S/C57H109NO5/c1-3-5-7-9-11-13-15-17-19-20-21-22-23-24-25-26-29-33-37-41-45-49-55(60)54(53-59)58-56(61)50-46-42-38-34-30-28-32-36-40-44-48-52-63-57(62)51-47-43-39-35-31-27-18-16-14-12-10-8-6-4-2/h10,12,16,18,54-55,59-60H,3-9,11,13-15,17,19-53H2,1-2H3,(H,58,61)/b12-10-,18-16-. The molecular formula is C57H109NO5. The van der Waals surface area contributed by atoms with Gasteiger partial charge in [0.25, 0.3) is 0 Å². The lowest BCUT2D eigenvalue weighted by molar-refractivity contribution is -0.143. The van der Waals surface area contributed by atoms with Crippen molar-refractivity contribution in [3.63, 3.8) is 0 Å². The average Bonchev–Trinajstić information content (AvgIpc) is 3.28. The van der Waals surface area contributed by atoms with E-state index in [1.807, 2.05) is 0 Å². The molecule has 2 unspecified atom stereocenters. The maximum absolute atomic E-state index is 12.5. The third kappa shape index (κ3) is 49.6. The Morgan fingerprint density at radius 3 is 1.25 bits per heavy atom. The number of aliphatic hydroxyl groups is 2. The van der Waals surface area contributed by atoms with E-state index in [4.69, 9.17) is 4.74 Å². The predicted octanol–water partition coefficient (Wildman–Crippen LogP) is 17.1. The van der Waals surface area contributed by atoms with Crippen LogP contribution in [0.3, 0.4) is 0 Å². The maximum atomic E-state index is 12.5. The molecule has 0 heterocycles. The minimum atomic E-state index is -0.678. The minimum absolute atomic E-state index is 0.0275. The Balaban J connectivity index is 3.47. The summed E-state index contributed by atoms with van der Waals surface area (Å²) in [4.78, 5) is 24.5. The number of allylic oxidation sites excluding steroid dienone is 4. The first-order valence-corrected chi connectivity index (χ1v) is 28.1. The van der Waals surface area contributed by atoms with E-state index in [-0.39, 0.29) is 18.5 Å². The number of unbranched alkanes of at least 4 members (excludes halogenated alkanes) is 37. The van der Waals surface area contributed by atoms with Gasteiger partial charge in [-0.25, -0.2) is 0 Å². The Bertz CT molecular complexity index is 982. The first-order valence-electron chi connectivity index (χ1n) is 28.1. The lowest BCUT2D eigenvalue weighted by atomic mass is 10.0. The van der Waals surface area contributed by atoms with E-state index in [9.17, 15) is 19.8 Å². The molecule has 0 spiro atoms. The SMILES string of the molecule is CCCC/C=C\C/C=C\CCCCCCCC(=O)OCCCCCCCCCCCCCC(=O)NC(CO)C(O)CCCCCCCCCCCCCCCCCCCCCCC. The van der Waals surface area contributed by atoms with Crippen LogP contribution in [0.5, 0.6) is 0 Å². The molecule has 0 aromatic rings. The zero-order valence-corrected chi connectivity index (χ0v) is 42.3. The van der Waals surface area contributed by atoms with Gasteiger partial charge in [-0.1, -0.05) is 263 Å². The minimum Gasteiger partial charge on any atom is -0.466 e. The van der Waals surface area contributed by atoms with E-state index >= 15 is 0 Å². The van der Waals surface area contributed by atoms with Crippen molar-refractivity contribution in [3.8, 4) is 0 Å². The highest BCUT2D eigenvalue weighted by Crippen LogP contribution is 2.17. The molecule has 0 saturated heterocycles. The third-order valence-electron chi connectivity index (χ3n) is 13.0. The number of hydrogen-bond acceptors (Lipinski definition) is 5. The van der Waals surface area contributed by atoms with Crippen molar-refractivity contribution in [2.24, 2.45) is 0 Å². The molecule has 6 nitrogen and oxygen atoms in total. The number of amides is 1. The topological polar surface area (TPSA) is 95.9 Å².